The molecule has 0 saturated carbocycles. The quantitative estimate of drug-likeness (QED) is 0.673. The molecule has 0 atom stereocenters. The van der Waals surface area contributed by atoms with Crippen molar-refractivity contribution >= 4 is 11.6 Å². The summed E-state index contributed by atoms with van der Waals surface area (Å²) in [6, 6.07) is 0. The largest absolute Gasteiger partial charge is 0.396 e. The number of hydrogen-bond acceptors (Lipinski definition) is 5. The molecule has 3 rings (SSSR count). The molecule has 0 spiro atoms. The van der Waals surface area contributed by atoms with E-state index in [-0.39, 0.29) is 5.91 Å². The number of nitrogen functional groups attached to an aromatic ring is 1. The molecule has 0 aromatic carbocycles. The molecule has 8 heteroatoms. The molecular weight excluding hydrogens is 222 g/mol. The smallest absolute Gasteiger partial charge is 0.274 e. The Hall–Kier alpha value is -2.38. The number of aromatic amines is 1. The predicted octanol–water partition coefficient (Wildman–Crippen LogP) is -0.761. The number of carbonyl (C=O) groups excluding carboxylic acids is 1. The second-order valence-corrected chi connectivity index (χ2v) is 3.87. The van der Waals surface area contributed by atoms with Crippen LogP contribution in [0.15, 0.2) is 12.5 Å². The lowest BCUT2D eigenvalue weighted by Crippen LogP contribution is -2.38. The summed E-state index contributed by atoms with van der Waals surface area (Å²) in [5.74, 6) is 0.622. The zero-order chi connectivity index (χ0) is 11.8. The maximum Gasteiger partial charge on any atom is 0.274 e. The van der Waals surface area contributed by atoms with Gasteiger partial charge in [-0.2, -0.15) is 5.10 Å². The van der Waals surface area contributed by atoms with E-state index in [1.807, 2.05) is 4.57 Å². The minimum atomic E-state index is -0.158. The third kappa shape index (κ3) is 1.53. The van der Waals surface area contributed by atoms with Crippen molar-refractivity contribution < 1.29 is 4.79 Å². The van der Waals surface area contributed by atoms with Gasteiger partial charge < -0.3 is 15.2 Å². The van der Waals surface area contributed by atoms with Crippen LogP contribution in [0, 0.1) is 0 Å². The van der Waals surface area contributed by atoms with Gasteiger partial charge in [0.1, 0.15) is 12.0 Å². The maximum atomic E-state index is 12.1. The fourth-order valence-corrected chi connectivity index (χ4v) is 1.86. The average molecular weight is 233 g/mol. The van der Waals surface area contributed by atoms with E-state index < -0.39 is 0 Å². The van der Waals surface area contributed by atoms with Gasteiger partial charge in [0, 0.05) is 13.1 Å². The van der Waals surface area contributed by atoms with Crippen molar-refractivity contribution in [1.82, 2.24) is 29.9 Å². The minimum absolute atomic E-state index is 0.158. The fourth-order valence-electron chi connectivity index (χ4n) is 1.86. The Kier molecular flexibility index (Phi) is 2.07. The van der Waals surface area contributed by atoms with Gasteiger partial charge in [0.25, 0.3) is 5.91 Å². The third-order valence-corrected chi connectivity index (χ3v) is 2.81. The third-order valence-electron chi connectivity index (χ3n) is 2.81. The zero-order valence-electron chi connectivity index (χ0n) is 9.00. The number of carbonyl (C=O) groups is 1. The summed E-state index contributed by atoms with van der Waals surface area (Å²) in [7, 11) is 0. The highest BCUT2D eigenvalue weighted by Crippen LogP contribution is 2.15. The molecule has 0 aliphatic carbocycles. The normalized spacial score (nSPS) is 14.7. The molecule has 2 aromatic rings. The second-order valence-electron chi connectivity index (χ2n) is 3.87. The summed E-state index contributed by atoms with van der Waals surface area (Å²) in [5, 5.41) is 14.1. The predicted molar refractivity (Wildman–Crippen MR) is 57.8 cm³/mol. The molecule has 3 heterocycles. The Labute approximate surface area is 96.4 Å². The summed E-state index contributed by atoms with van der Waals surface area (Å²) in [5.41, 5.74) is 6.34. The van der Waals surface area contributed by atoms with Crippen molar-refractivity contribution in [3.63, 3.8) is 0 Å². The maximum absolute atomic E-state index is 12.1. The van der Waals surface area contributed by atoms with E-state index in [1.54, 1.807) is 11.2 Å². The molecule has 1 amide bonds. The number of nitrogens with one attached hydrogen (secondary N) is 1. The molecule has 3 N–H and O–H groups in total. The molecule has 17 heavy (non-hydrogen) atoms. The van der Waals surface area contributed by atoms with Crippen LogP contribution in [-0.4, -0.2) is 42.3 Å². The lowest BCUT2D eigenvalue weighted by Gasteiger charge is -2.26. The molecule has 0 radical (unpaired) electrons. The molecule has 8 nitrogen and oxygen atoms in total. The van der Waals surface area contributed by atoms with Gasteiger partial charge in [-0.15, -0.1) is 10.2 Å². The number of hydrogen-bond donors (Lipinski definition) is 2. The second kappa shape index (κ2) is 3.58. The fraction of sp³-hybridized carbons (Fsp3) is 0.333. The monoisotopic (exact) mass is 233 g/mol. The van der Waals surface area contributed by atoms with Crippen LogP contribution < -0.4 is 5.73 Å². The summed E-state index contributed by atoms with van der Waals surface area (Å²) in [6.07, 6.45) is 3.10. The van der Waals surface area contributed by atoms with E-state index >= 15 is 0 Å². The van der Waals surface area contributed by atoms with Crippen molar-refractivity contribution in [2.45, 2.75) is 13.1 Å². The van der Waals surface area contributed by atoms with Gasteiger partial charge in [-0.25, -0.2) is 0 Å². The van der Waals surface area contributed by atoms with Crippen molar-refractivity contribution in [2.24, 2.45) is 0 Å². The molecule has 2 aromatic heterocycles. The van der Waals surface area contributed by atoms with Gasteiger partial charge in [-0.1, -0.05) is 0 Å². The van der Waals surface area contributed by atoms with E-state index in [0.29, 0.717) is 31.0 Å². The summed E-state index contributed by atoms with van der Waals surface area (Å²) in [4.78, 5) is 13.8. The molecule has 0 saturated heterocycles. The number of amides is 1. The Balaban J connectivity index is 1.84. The number of H-pyrrole nitrogens is 1. The number of nitrogens with zero attached hydrogens (tertiary/aromatic N) is 5. The topological polar surface area (TPSA) is 106 Å². The lowest BCUT2D eigenvalue weighted by atomic mass is 10.3. The summed E-state index contributed by atoms with van der Waals surface area (Å²) < 4.78 is 1.93. The lowest BCUT2D eigenvalue weighted by molar-refractivity contribution is 0.0702. The van der Waals surface area contributed by atoms with Crippen LogP contribution in [-0.2, 0) is 13.1 Å². The summed E-state index contributed by atoms with van der Waals surface area (Å²) >= 11 is 0. The van der Waals surface area contributed by atoms with Crippen molar-refractivity contribution in [2.75, 3.05) is 12.3 Å². The minimum Gasteiger partial charge on any atom is -0.396 e. The molecule has 0 fully saturated rings. The van der Waals surface area contributed by atoms with E-state index in [2.05, 4.69) is 20.4 Å². The van der Waals surface area contributed by atoms with Crippen LogP contribution in [0.4, 0.5) is 5.69 Å². The van der Waals surface area contributed by atoms with Gasteiger partial charge in [-0.05, 0) is 0 Å². The van der Waals surface area contributed by atoms with E-state index in [1.165, 1.54) is 6.20 Å². The molecule has 0 unspecified atom stereocenters. The van der Waals surface area contributed by atoms with E-state index in [9.17, 15) is 4.79 Å². The first-order valence-electron chi connectivity index (χ1n) is 5.20. The first-order chi connectivity index (χ1) is 8.25. The number of rotatable bonds is 1. The van der Waals surface area contributed by atoms with Crippen LogP contribution in [0.2, 0.25) is 0 Å². The van der Waals surface area contributed by atoms with Gasteiger partial charge >= 0.3 is 0 Å². The number of nitrogens with two attached hydrogens (primary N) is 1. The highest BCUT2D eigenvalue weighted by molar-refractivity contribution is 5.96. The van der Waals surface area contributed by atoms with Crippen molar-refractivity contribution in [3.8, 4) is 0 Å². The highest BCUT2D eigenvalue weighted by Gasteiger charge is 2.24. The van der Waals surface area contributed by atoms with Crippen LogP contribution in [0.3, 0.4) is 0 Å². The zero-order valence-corrected chi connectivity index (χ0v) is 9.00. The first kappa shape index (κ1) is 9.82. The van der Waals surface area contributed by atoms with Crippen LogP contribution in [0.1, 0.15) is 16.3 Å². The Morgan fingerprint density at radius 2 is 2.35 bits per heavy atom. The molecule has 1 aliphatic rings. The highest BCUT2D eigenvalue weighted by atomic mass is 16.2. The van der Waals surface area contributed by atoms with Crippen molar-refractivity contribution in [3.05, 3.63) is 24.0 Å². The number of anilines is 1. The number of aromatic nitrogens is 5. The van der Waals surface area contributed by atoms with Crippen LogP contribution >= 0.6 is 0 Å². The van der Waals surface area contributed by atoms with Gasteiger partial charge in [0.05, 0.1) is 18.4 Å². The molecular formula is C9H11N7O. The van der Waals surface area contributed by atoms with E-state index in [4.69, 9.17) is 5.73 Å². The number of fused-ring (bicyclic) bond motifs is 1. The Bertz CT molecular complexity index is 557. The molecule has 0 bridgehead atoms. The Morgan fingerprint density at radius 1 is 1.47 bits per heavy atom. The first-order valence-corrected chi connectivity index (χ1v) is 5.20. The van der Waals surface area contributed by atoms with Gasteiger partial charge in [0.15, 0.2) is 5.82 Å². The average Bonchev–Trinajstić information content (AvgIpc) is 2.95. The summed E-state index contributed by atoms with van der Waals surface area (Å²) in [6.45, 7) is 1.75. The van der Waals surface area contributed by atoms with E-state index in [0.717, 1.165) is 5.82 Å². The van der Waals surface area contributed by atoms with Gasteiger partial charge in [0.2, 0.25) is 0 Å². The van der Waals surface area contributed by atoms with Crippen LogP contribution in [0.25, 0.3) is 0 Å². The van der Waals surface area contributed by atoms with Gasteiger partial charge in [-0.3, -0.25) is 9.89 Å². The van der Waals surface area contributed by atoms with Crippen molar-refractivity contribution in [1.29, 1.82) is 0 Å². The molecule has 88 valence electrons. The Morgan fingerprint density at radius 3 is 3.12 bits per heavy atom. The SMILES string of the molecule is Nc1cn[nH]c1C(=O)N1CCn2cnnc2C1. The standard InChI is InChI=1S/C9H11N7O/c10-6-3-11-14-8(6)9(17)15-1-2-16-5-12-13-7(16)4-15/h3,5H,1-2,4,10H2,(H,11,14). The van der Waals surface area contributed by atoms with Crippen LogP contribution in [0.5, 0.6) is 0 Å². The molecule has 1 aliphatic heterocycles.